The fourth-order valence-electron chi connectivity index (χ4n) is 2.12. The zero-order valence-electron chi connectivity index (χ0n) is 9.34. The molecule has 0 unspecified atom stereocenters. The van der Waals surface area contributed by atoms with Gasteiger partial charge in [-0.05, 0) is 18.4 Å². The molecule has 1 aromatic rings. The fraction of sp³-hybridized carbons (Fsp3) is 0.455. The van der Waals surface area contributed by atoms with Crippen LogP contribution in [0.5, 0.6) is 0 Å². The summed E-state index contributed by atoms with van der Waals surface area (Å²) >= 11 is 0. The Morgan fingerprint density at radius 2 is 1.71 bits per heavy atom. The van der Waals surface area contributed by atoms with E-state index in [1.165, 1.54) is 0 Å². The topological polar surface area (TPSA) is 63.4 Å². The predicted molar refractivity (Wildman–Crippen MR) is 63.1 cm³/mol. The molecule has 1 aromatic carbocycles. The van der Waals surface area contributed by atoms with Crippen LogP contribution in [-0.2, 0) is 15.9 Å². The van der Waals surface area contributed by atoms with E-state index in [4.69, 9.17) is 5.14 Å². The third kappa shape index (κ3) is 2.65. The second-order valence-electron chi connectivity index (χ2n) is 4.28. The van der Waals surface area contributed by atoms with Crippen molar-refractivity contribution in [3.05, 3.63) is 35.9 Å². The molecule has 4 nitrogen and oxygen atoms in total. The molecule has 0 saturated carbocycles. The summed E-state index contributed by atoms with van der Waals surface area (Å²) < 4.78 is 38.0. The molecule has 1 aliphatic heterocycles. The summed E-state index contributed by atoms with van der Waals surface area (Å²) in [4.78, 5) is 0. The maximum atomic E-state index is 14.6. The second-order valence-corrected chi connectivity index (χ2v) is 5.82. The number of benzene rings is 1. The van der Waals surface area contributed by atoms with Crippen LogP contribution < -0.4 is 5.14 Å². The maximum Gasteiger partial charge on any atom is 0.276 e. The number of piperidine rings is 1. The van der Waals surface area contributed by atoms with E-state index in [0.29, 0.717) is 5.56 Å². The highest BCUT2D eigenvalue weighted by Gasteiger charge is 2.38. The van der Waals surface area contributed by atoms with E-state index in [0.717, 1.165) is 4.31 Å². The Hall–Kier alpha value is -0.980. The molecule has 6 heteroatoms. The van der Waals surface area contributed by atoms with Crippen LogP contribution in [0.15, 0.2) is 30.3 Å². The molecule has 2 rings (SSSR count). The Bertz CT molecular complexity index is 481. The number of halogens is 1. The first kappa shape index (κ1) is 12.5. The van der Waals surface area contributed by atoms with Gasteiger partial charge in [-0.2, -0.15) is 12.7 Å². The van der Waals surface area contributed by atoms with Gasteiger partial charge in [0.15, 0.2) is 0 Å². The predicted octanol–water partition coefficient (Wildman–Crippen LogP) is 1.15. The molecular weight excluding hydrogens is 243 g/mol. The lowest BCUT2D eigenvalue weighted by molar-refractivity contribution is 0.0870. The lowest BCUT2D eigenvalue weighted by Gasteiger charge is -2.35. The highest BCUT2D eigenvalue weighted by atomic mass is 32.2. The average Bonchev–Trinajstić information content (AvgIpc) is 2.29. The van der Waals surface area contributed by atoms with Crippen LogP contribution in [0.1, 0.15) is 18.4 Å². The normalized spacial score (nSPS) is 21.3. The van der Waals surface area contributed by atoms with Crippen molar-refractivity contribution in [2.75, 3.05) is 13.1 Å². The number of hydrogen-bond donors (Lipinski definition) is 1. The molecule has 0 amide bonds. The van der Waals surface area contributed by atoms with Gasteiger partial charge in [-0.15, -0.1) is 0 Å². The first-order valence-corrected chi connectivity index (χ1v) is 6.94. The summed E-state index contributed by atoms with van der Waals surface area (Å²) in [6, 6.07) is 8.84. The van der Waals surface area contributed by atoms with E-state index in [9.17, 15) is 12.8 Å². The van der Waals surface area contributed by atoms with Crippen molar-refractivity contribution in [3.8, 4) is 0 Å². The van der Waals surface area contributed by atoms with Gasteiger partial charge < -0.3 is 0 Å². The second kappa shape index (κ2) is 4.36. The minimum atomic E-state index is -3.69. The summed E-state index contributed by atoms with van der Waals surface area (Å²) in [5.74, 6) is 0. The van der Waals surface area contributed by atoms with Crippen LogP contribution in [0, 0.1) is 0 Å². The maximum absolute atomic E-state index is 14.6. The highest BCUT2D eigenvalue weighted by Crippen LogP contribution is 2.37. The smallest absolute Gasteiger partial charge is 0.239 e. The molecule has 1 heterocycles. The zero-order valence-corrected chi connectivity index (χ0v) is 10.2. The lowest BCUT2D eigenvalue weighted by atomic mass is 9.87. The molecular formula is C11H15FN2O2S. The SMILES string of the molecule is NS(=O)(=O)N1CCC(F)(c2ccccc2)CC1. The molecule has 2 N–H and O–H groups in total. The van der Waals surface area contributed by atoms with E-state index < -0.39 is 15.9 Å². The van der Waals surface area contributed by atoms with E-state index in [2.05, 4.69) is 0 Å². The zero-order chi connectivity index (χ0) is 12.5. The number of rotatable bonds is 2. The molecule has 1 fully saturated rings. The van der Waals surface area contributed by atoms with Crippen LogP contribution in [0.3, 0.4) is 0 Å². The minimum absolute atomic E-state index is 0.129. The van der Waals surface area contributed by atoms with E-state index in [1.807, 2.05) is 6.07 Å². The summed E-state index contributed by atoms with van der Waals surface area (Å²) in [5, 5.41) is 5.01. The molecule has 0 spiro atoms. The van der Waals surface area contributed by atoms with Gasteiger partial charge >= 0.3 is 0 Å². The van der Waals surface area contributed by atoms with Gasteiger partial charge in [0.2, 0.25) is 0 Å². The van der Waals surface area contributed by atoms with E-state index >= 15 is 0 Å². The average molecular weight is 258 g/mol. The summed E-state index contributed by atoms with van der Waals surface area (Å²) in [6.07, 6.45) is 0.293. The number of hydrogen-bond acceptors (Lipinski definition) is 2. The third-order valence-corrected chi connectivity index (χ3v) is 4.25. The number of nitrogens with two attached hydrogens (primary N) is 1. The van der Waals surface area contributed by atoms with Crippen molar-refractivity contribution in [2.24, 2.45) is 5.14 Å². The van der Waals surface area contributed by atoms with Crippen LogP contribution in [0.25, 0.3) is 0 Å². The summed E-state index contributed by atoms with van der Waals surface area (Å²) in [7, 11) is -3.69. The van der Waals surface area contributed by atoms with Crippen molar-refractivity contribution in [3.63, 3.8) is 0 Å². The molecule has 0 aliphatic carbocycles. The van der Waals surface area contributed by atoms with Crippen LogP contribution in [-0.4, -0.2) is 25.8 Å². The van der Waals surface area contributed by atoms with Gasteiger partial charge in [-0.1, -0.05) is 30.3 Å². The Labute approximate surface area is 100 Å². The van der Waals surface area contributed by atoms with Gasteiger partial charge in [-0.3, -0.25) is 0 Å². The van der Waals surface area contributed by atoms with Crippen LogP contribution in [0.4, 0.5) is 4.39 Å². The fourth-order valence-corrected chi connectivity index (χ4v) is 2.81. The molecule has 17 heavy (non-hydrogen) atoms. The standard InChI is InChI=1S/C11H15FN2O2S/c12-11(10-4-2-1-3-5-10)6-8-14(9-7-11)17(13,15)16/h1-5H,6-9H2,(H2,13,15,16). The minimum Gasteiger partial charge on any atom is -0.239 e. The summed E-state index contributed by atoms with van der Waals surface area (Å²) in [5.41, 5.74) is -0.836. The Kier molecular flexibility index (Phi) is 3.20. The number of alkyl halides is 1. The Balaban J connectivity index is 2.13. The lowest BCUT2D eigenvalue weighted by Crippen LogP contribution is -2.45. The monoisotopic (exact) mass is 258 g/mol. The summed E-state index contributed by atoms with van der Waals surface area (Å²) in [6.45, 7) is 0.258. The molecule has 0 radical (unpaired) electrons. The molecule has 0 bridgehead atoms. The van der Waals surface area contributed by atoms with Crippen LogP contribution in [0.2, 0.25) is 0 Å². The van der Waals surface area contributed by atoms with Gasteiger partial charge in [0.05, 0.1) is 0 Å². The van der Waals surface area contributed by atoms with Gasteiger partial charge in [-0.25, -0.2) is 9.53 Å². The molecule has 94 valence electrons. The molecule has 1 saturated heterocycles. The Morgan fingerprint density at radius 1 is 1.18 bits per heavy atom. The van der Waals surface area contributed by atoms with Crippen molar-refractivity contribution in [1.29, 1.82) is 0 Å². The van der Waals surface area contributed by atoms with Crippen molar-refractivity contribution < 1.29 is 12.8 Å². The molecule has 0 aromatic heterocycles. The number of nitrogens with zero attached hydrogens (tertiary/aromatic N) is 1. The highest BCUT2D eigenvalue weighted by molar-refractivity contribution is 7.86. The largest absolute Gasteiger partial charge is 0.276 e. The molecule has 0 atom stereocenters. The van der Waals surface area contributed by atoms with Crippen molar-refractivity contribution >= 4 is 10.2 Å². The third-order valence-electron chi connectivity index (χ3n) is 3.17. The van der Waals surface area contributed by atoms with Crippen molar-refractivity contribution in [2.45, 2.75) is 18.5 Å². The first-order chi connectivity index (χ1) is 7.92. The van der Waals surface area contributed by atoms with Gasteiger partial charge in [0.1, 0.15) is 5.67 Å². The van der Waals surface area contributed by atoms with Gasteiger partial charge in [0, 0.05) is 13.1 Å². The molecule has 1 aliphatic rings. The van der Waals surface area contributed by atoms with E-state index in [1.54, 1.807) is 24.3 Å². The van der Waals surface area contributed by atoms with Gasteiger partial charge in [0.25, 0.3) is 10.2 Å². The quantitative estimate of drug-likeness (QED) is 0.865. The van der Waals surface area contributed by atoms with E-state index in [-0.39, 0.29) is 25.9 Å². The first-order valence-electron chi connectivity index (χ1n) is 5.44. The Morgan fingerprint density at radius 3 is 2.18 bits per heavy atom. The van der Waals surface area contributed by atoms with Crippen LogP contribution >= 0.6 is 0 Å². The van der Waals surface area contributed by atoms with Crippen molar-refractivity contribution in [1.82, 2.24) is 4.31 Å².